The fraction of sp³-hybridized carbons (Fsp3) is 0.238. The molecule has 2 aromatic heterocycles. The average molecular weight is 430 g/mol. The topological polar surface area (TPSA) is 79.4 Å². The number of aromatic nitrogens is 1. The fourth-order valence-electron chi connectivity index (χ4n) is 2.80. The first-order valence-corrected chi connectivity index (χ1v) is 11.5. The van der Waals surface area contributed by atoms with Gasteiger partial charge in [0.05, 0.1) is 4.90 Å². The molecule has 8 heteroatoms. The first kappa shape index (κ1) is 21.2. The van der Waals surface area contributed by atoms with Crippen molar-refractivity contribution in [3.8, 4) is 0 Å². The van der Waals surface area contributed by atoms with Crippen molar-refractivity contribution in [3.63, 3.8) is 0 Å². The van der Waals surface area contributed by atoms with Gasteiger partial charge in [-0.25, -0.2) is 13.1 Å². The molecule has 152 valence electrons. The van der Waals surface area contributed by atoms with Gasteiger partial charge in [0.2, 0.25) is 10.0 Å². The van der Waals surface area contributed by atoms with Crippen LogP contribution in [-0.2, 0) is 23.1 Å². The van der Waals surface area contributed by atoms with Gasteiger partial charge in [-0.2, -0.15) is 0 Å². The molecular formula is C21H23N3O3S2. The molecular weight excluding hydrogens is 406 g/mol. The predicted octanol–water partition coefficient (Wildman–Crippen LogP) is 3.67. The second kappa shape index (κ2) is 9.30. The van der Waals surface area contributed by atoms with E-state index in [2.05, 4.69) is 9.71 Å². The lowest BCUT2D eigenvalue weighted by Crippen LogP contribution is -2.36. The second-order valence-electron chi connectivity index (χ2n) is 6.82. The minimum Gasteiger partial charge on any atom is -0.332 e. The molecule has 6 nitrogen and oxygen atoms in total. The van der Waals surface area contributed by atoms with Crippen molar-refractivity contribution >= 4 is 27.3 Å². The summed E-state index contributed by atoms with van der Waals surface area (Å²) in [5, 5.41) is 1.89. The number of hydrogen-bond acceptors (Lipinski definition) is 5. The maximum Gasteiger partial charge on any atom is 0.254 e. The van der Waals surface area contributed by atoms with Crippen LogP contribution in [0, 0.1) is 0 Å². The zero-order chi connectivity index (χ0) is 20.9. The van der Waals surface area contributed by atoms with Crippen LogP contribution >= 0.6 is 11.3 Å². The number of pyridine rings is 1. The van der Waals surface area contributed by atoms with Crippen molar-refractivity contribution < 1.29 is 13.2 Å². The number of amides is 1. The molecule has 0 radical (unpaired) electrons. The minimum absolute atomic E-state index is 0.0556. The molecule has 0 aliphatic heterocycles. The zero-order valence-corrected chi connectivity index (χ0v) is 17.9. The van der Waals surface area contributed by atoms with E-state index < -0.39 is 10.0 Å². The highest BCUT2D eigenvalue weighted by molar-refractivity contribution is 7.89. The Bertz CT molecular complexity index is 1050. The fourth-order valence-corrected chi connectivity index (χ4v) is 4.59. The van der Waals surface area contributed by atoms with Crippen LogP contribution in [0.1, 0.15) is 34.6 Å². The molecule has 0 unspecified atom stereocenters. The van der Waals surface area contributed by atoms with Gasteiger partial charge in [-0.15, -0.1) is 11.3 Å². The third-order valence-electron chi connectivity index (χ3n) is 4.37. The van der Waals surface area contributed by atoms with Crippen LogP contribution in [0.25, 0.3) is 0 Å². The van der Waals surface area contributed by atoms with Crippen LogP contribution in [0.4, 0.5) is 0 Å². The van der Waals surface area contributed by atoms with Gasteiger partial charge >= 0.3 is 0 Å². The number of nitrogens with zero attached hydrogens (tertiary/aromatic N) is 2. The number of carbonyl (C=O) groups is 1. The highest BCUT2D eigenvalue weighted by Gasteiger charge is 2.22. The molecule has 0 saturated heterocycles. The summed E-state index contributed by atoms with van der Waals surface area (Å²) >= 11 is 1.48. The Balaban J connectivity index is 1.80. The summed E-state index contributed by atoms with van der Waals surface area (Å²) in [6.45, 7) is 4.48. The number of thiophene rings is 1. The molecule has 1 aromatic carbocycles. The van der Waals surface area contributed by atoms with Gasteiger partial charge in [-0.3, -0.25) is 9.78 Å². The molecule has 1 N–H and O–H groups in total. The summed E-state index contributed by atoms with van der Waals surface area (Å²) in [5.41, 5.74) is 1.25. The quantitative estimate of drug-likeness (QED) is 0.592. The number of nitrogens with one attached hydrogen (secondary N) is 1. The first-order chi connectivity index (χ1) is 13.9. The Morgan fingerprint density at radius 3 is 2.66 bits per heavy atom. The van der Waals surface area contributed by atoms with Crippen LogP contribution < -0.4 is 4.72 Å². The molecule has 0 spiro atoms. The van der Waals surface area contributed by atoms with Gasteiger partial charge in [-0.1, -0.05) is 18.2 Å². The van der Waals surface area contributed by atoms with Gasteiger partial charge in [0.25, 0.3) is 5.91 Å². The van der Waals surface area contributed by atoms with E-state index in [-0.39, 0.29) is 23.4 Å². The third-order valence-corrected chi connectivity index (χ3v) is 6.64. The third kappa shape index (κ3) is 5.50. The standard InChI is InChI=1S/C21H23N3O3S2/c1-16(2)24(15-17-6-4-10-22-13-17)21(25)18-7-3-9-20(12-18)29(26,27)23-14-19-8-5-11-28-19/h3-13,16,23H,14-15H2,1-2H3. The second-order valence-corrected chi connectivity index (χ2v) is 9.62. The number of rotatable bonds is 8. The molecule has 3 aromatic rings. The Hall–Kier alpha value is -2.55. The number of sulfonamides is 1. The van der Waals surface area contributed by atoms with Crippen molar-refractivity contribution in [2.75, 3.05) is 0 Å². The Morgan fingerprint density at radius 2 is 2.00 bits per heavy atom. The number of carbonyl (C=O) groups excluding carboxylic acids is 1. The summed E-state index contributed by atoms with van der Waals surface area (Å²) in [4.78, 5) is 19.9. The van der Waals surface area contributed by atoms with Gasteiger partial charge in [0.1, 0.15) is 0 Å². The summed E-state index contributed by atoms with van der Waals surface area (Å²) in [6.07, 6.45) is 3.40. The van der Waals surface area contributed by atoms with Gasteiger partial charge in [-0.05, 0) is 55.1 Å². The molecule has 0 atom stereocenters. The largest absolute Gasteiger partial charge is 0.332 e. The molecule has 0 bridgehead atoms. The van der Waals surface area contributed by atoms with E-state index in [0.717, 1.165) is 10.4 Å². The van der Waals surface area contributed by atoms with E-state index in [4.69, 9.17) is 0 Å². The van der Waals surface area contributed by atoms with E-state index in [0.29, 0.717) is 12.1 Å². The lowest BCUT2D eigenvalue weighted by atomic mass is 10.1. The van der Waals surface area contributed by atoms with E-state index in [1.807, 2.05) is 43.5 Å². The normalized spacial score (nSPS) is 11.6. The van der Waals surface area contributed by atoms with Crippen molar-refractivity contribution in [1.29, 1.82) is 0 Å². The molecule has 2 heterocycles. The van der Waals surface area contributed by atoms with E-state index in [1.54, 1.807) is 29.4 Å². The molecule has 0 aliphatic rings. The summed E-state index contributed by atoms with van der Waals surface area (Å²) in [6, 6.07) is 13.6. The van der Waals surface area contributed by atoms with Crippen LogP contribution in [0.5, 0.6) is 0 Å². The number of benzene rings is 1. The molecule has 0 saturated carbocycles. The smallest absolute Gasteiger partial charge is 0.254 e. The Labute approximate surface area is 175 Å². The van der Waals surface area contributed by atoms with Crippen molar-refractivity contribution in [2.24, 2.45) is 0 Å². The van der Waals surface area contributed by atoms with Crippen molar-refractivity contribution in [3.05, 3.63) is 82.3 Å². The molecule has 29 heavy (non-hydrogen) atoms. The van der Waals surface area contributed by atoms with Crippen LogP contribution in [-0.4, -0.2) is 30.3 Å². The highest BCUT2D eigenvalue weighted by atomic mass is 32.2. The molecule has 0 fully saturated rings. The van der Waals surface area contributed by atoms with Crippen molar-refractivity contribution in [1.82, 2.24) is 14.6 Å². The monoisotopic (exact) mass is 429 g/mol. The first-order valence-electron chi connectivity index (χ1n) is 9.19. The molecule has 1 amide bonds. The predicted molar refractivity (Wildman–Crippen MR) is 114 cm³/mol. The maximum atomic E-state index is 13.1. The minimum atomic E-state index is -3.72. The summed E-state index contributed by atoms with van der Waals surface area (Å²) in [7, 11) is -3.72. The average Bonchev–Trinajstić information content (AvgIpc) is 3.24. The summed E-state index contributed by atoms with van der Waals surface area (Å²) in [5.74, 6) is -0.223. The van der Waals surface area contributed by atoms with Crippen molar-refractivity contribution in [2.45, 2.75) is 37.9 Å². The van der Waals surface area contributed by atoms with E-state index >= 15 is 0 Å². The van der Waals surface area contributed by atoms with Crippen LogP contribution in [0.3, 0.4) is 0 Å². The molecule has 3 rings (SSSR count). The van der Waals surface area contributed by atoms with Gasteiger partial charge in [0, 0.05) is 42.0 Å². The lowest BCUT2D eigenvalue weighted by Gasteiger charge is -2.27. The highest BCUT2D eigenvalue weighted by Crippen LogP contribution is 2.17. The van der Waals surface area contributed by atoms with Crippen LogP contribution in [0.15, 0.2) is 71.2 Å². The number of hydrogen-bond donors (Lipinski definition) is 1. The summed E-state index contributed by atoms with van der Waals surface area (Å²) < 4.78 is 27.9. The van der Waals surface area contributed by atoms with Crippen LogP contribution in [0.2, 0.25) is 0 Å². The van der Waals surface area contributed by atoms with Gasteiger partial charge in [0.15, 0.2) is 0 Å². The molecule has 0 aliphatic carbocycles. The zero-order valence-electron chi connectivity index (χ0n) is 16.3. The SMILES string of the molecule is CC(C)N(Cc1cccnc1)C(=O)c1cccc(S(=O)(=O)NCc2cccs2)c1. The Kier molecular flexibility index (Phi) is 6.79. The van der Waals surface area contributed by atoms with Gasteiger partial charge < -0.3 is 4.90 Å². The van der Waals surface area contributed by atoms with E-state index in [9.17, 15) is 13.2 Å². The lowest BCUT2D eigenvalue weighted by molar-refractivity contribution is 0.0690. The van der Waals surface area contributed by atoms with E-state index in [1.165, 1.54) is 23.5 Å². The Morgan fingerprint density at radius 1 is 1.17 bits per heavy atom. The maximum absolute atomic E-state index is 13.1.